The first-order valence-electron chi connectivity index (χ1n) is 6.60. The topological polar surface area (TPSA) is 26.0 Å². The largest absolute Gasteiger partial charge is 0.327 e. The van der Waals surface area contributed by atoms with Crippen molar-refractivity contribution in [2.24, 2.45) is 11.7 Å². The second-order valence-electron chi connectivity index (χ2n) is 4.91. The van der Waals surface area contributed by atoms with Crippen LogP contribution < -0.4 is 5.73 Å². The molecular formula is C13H27N. The van der Waals surface area contributed by atoms with Crippen molar-refractivity contribution in [2.45, 2.75) is 77.2 Å². The van der Waals surface area contributed by atoms with Gasteiger partial charge in [0.25, 0.3) is 0 Å². The summed E-state index contributed by atoms with van der Waals surface area (Å²) in [5.74, 6) is 0.862. The first-order valence-corrected chi connectivity index (χ1v) is 6.60. The molecule has 0 aromatic heterocycles. The minimum atomic E-state index is 0.533. The van der Waals surface area contributed by atoms with E-state index >= 15 is 0 Å². The van der Waals surface area contributed by atoms with Gasteiger partial charge in [-0.2, -0.15) is 0 Å². The van der Waals surface area contributed by atoms with E-state index in [-0.39, 0.29) is 0 Å². The molecule has 0 spiro atoms. The van der Waals surface area contributed by atoms with Crippen molar-refractivity contribution in [2.75, 3.05) is 0 Å². The van der Waals surface area contributed by atoms with E-state index in [0.29, 0.717) is 6.04 Å². The van der Waals surface area contributed by atoms with Crippen molar-refractivity contribution >= 4 is 0 Å². The van der Waals surface area contributed by atoms with E-state index in [1.165, 1.54) is 64.2 Å². The summed E-state index contributed by atoms with van der Waals surface area (Å²) in [5.41, 5.74) is 6.04. The van der Waals surface area contributed by atoms with Crippen LogP contribution in [-0.4, -0.2) is 6.04 Å². The van der Waals surface area contributed by atoms with Crippen LogP contribution in [0.2, 0.25) is 0 Å². The van der Waals surface area contributed by atoms with Gasteiger partial charge in [-0.25, -0.2) is 0 Å². The molecule has 0 unspecified atom stereocenters. The van der Waals surface area contributed by atoms with Crippen molar-refractivity contribution in [1.82, 2.24) is 0 Å². The molecular weight excluding hydrogens is 170 g/mol. The lowest BCUT2D eigenvalue weighted by Gasteiger charge is -2.14. The van der Waals surface area contributed by atoms with Gasteiger partial charge in [0.15, 0.2) is 0 Å². The zero-order chi connectivity index (χ0) is 10.2. The highest BCUT2D eigenvalue weighted by Crippen LogP contribution is 2.28. The molecule has 1 heteroatoms. The van der Waals surface area contributed by atoms with Gasteiger partial charge >= 0.3 is 0 Å². The highest BCUT2D eigenvalue weighted by atomic mass is 14.7. The molecule has 0 radical (unpaired) electrons. The third-order valence-electron chi connectivity index (χ3n) is 3.65. The quantitative estimate of drug-likeness (QED) is 0.616. The van der Waals surface area contributed by atoms with Crippen LogP contribution in [-0.2, 0) is 0 Å². The van der Waals surface area contributed by atoms with Crippen LogP contribution in [0.25, 0.3) is 0 Å². The first-order chi connectivity index (χ1) is 6.84. The molecule has 1 aliphatic carbocycles. The van der Waals surface area contributed by atoms with E-state index in [1.807, 2.05) is 0 Å². The summed E-state index contributed by atoms with van der Waals surface area (Å²) >= 11 is 0. The lowest BCUT2D eigenvalue weighted by Crippen LogP contribution is -2.24. The highest BCUT2D eigenvalue weighted by Gasteiger charge is 2.22. The average molecular weight is 197 g/mol. The molecule has 2 atom stereocenters. The summed E-state index contributed by atoms with van der Waals surface area (Å²) in [6.45, 7) is 2.28. The Balaban J connectivity index is 1.88. The minimum Gasteiger partial charge on any atom is -0.327 e. The molecule has 1 aliphatic rings. The lowest BCUT2D eigenvalue weighted by molar-refractivity contribution is 0.420. The number of rotatable bonds is 7. The maximum atomic E-state index is 6.04. The molecule has 1 nitrogen and oxygen atoms in total. The molecule has 0 aliphatic heterocycles. The monoisotopic (exact) mass is 197 g/mol. The SMILES string of the molecule is CCCCCCCC[C@@H]1CCC[C@H]1N. The Hall–Kier alpha value is -0.0400. The number of hydrogen-bond donors (Lipinski definition) is 1. The standard InChI is InChI=1S/C13H27N/c1-2-3-4-5-6-7-9-12-10-8-11-13(12)14/h12-13H,2-11,14H2,1H3/t12-,13-/m1/s1. The van der Waals surface area contributed by atoms with Crippen LogP contribution in [0, 0.1) is 5.92 Å². The van der Waals surface area contributed by atoms with Gasteiger partial charge in [0.05, 0.1) is 0 Å². The number of nitrogens with two attached hydrogens (primary N) is 1. The van der Waals surface area contributed by atoms with Gasteiger partial charge in [0.1, 0.15) is 0 Å². The summed E-state index contributed by atoms with van der Waals surface area (Å²) in [6.07, 6.45) is 14.0. The lowest BCUT2D eigenvalue weighted by atomic mass is 9.96. The van der Waals surface area contributed by atoms with E-state index in [0.717, 1.165) is 5.92 Å². The Morgan fingerprint density at radius 1 is 1.00 bits per heavy atom. The normalized spacial score (nSPS) is 27.0. The maximum absolute atomic E-state index is 6.04. The Kier molecular flexibility index (Phi) is 6.25. The third kappa shape index (κ3) is 4.45. The molecule has 0 aromatic rings. The molecule has 1 fully saturated rings. The van der Waals surface area contributed by atoms with E-state index in [2.05, 4.69) is 6.92 Å². The molecule has 0 bridgehead atoms. The highest BCUT2D eigenvalue weighted by molar-refractivity contribution is 4.79. The summed E-state index contributed by atoms with van der Waals surface area (Å²) < 4.78 is 0. The summed E-state index contributed by atoms with van der Waals surface area (Å²) in [4.78, 5) is 0. The summed E-state index contributed by atoms with van der Waals surface area (Å²) in [6, 6.07) is 0.533. The van der Waals surface area contributed by atoms with Gasteiger partial charge in [0, 0.05) is 6.04 Å². The maximum Gasteiger partial charge on any atom is 0.00671 e. The first kappa shape index (κ1) is 12.0. The average Bonchev–Trinajstić information content (AvgIpc) is 2.58. The van der Waals surface area contributed by atoms with Crippen LogP contribution in [0.1, 0.15) is 71.1 Å². The van der Waals surface area contributed by atoms with E-state index in [1.54, 1.807) is 0 Å². The molecule has 0 aromatic carbocycles. The van der Waals surface area contributed by atoms with Crippen molar-refractivity contribution in [1.29, 1.82) is 0 Å². The van der Waals surface area contributed by atoms with Crippen LogP contribution in [0.15, 0.2) is 0 Å². The Morgan fingerprint density at radius 3 is 2.36 bits per heavy atom. The Bertz CT molecular complexity index is 133. The summed E-state index contributed by atoms with van der Waals surface area (Å²) in [7, 11) is 0. The summed E-state index contributed by atoms with van der Waals surface area (Å²) in [5, 5.41) is 0. The van der Waals surface area contributed by atoms with Crippen molar-refractivity contribution in [3.63, 3.8) is 0 Å². The minimum absolute atomic E-state index is 0.533. The second-order valence-corrected chi connectivity index (χ2v) is 4.91. The fourth-order valence-electron chi connectivity index (χ4n) is 2.61. The molecule has 0 heterocycles. The zero-order valence-corrected chi connectivity index (χ0v) is 9.80. The van der Waals surface area contributed by atoms with Gasteiger partial charge in [-0.3, -0.25) is 0 Å². The van der Waals surface area contributed by atoms with Crippen molar-refractivity contribution < 1.29 is 0 Å². The molecule has 1 rings (SSSR count). The van der Waals surface area contributed by atoms with Crippen LogP contribution in [0.5, 0.6) is 0 Å². The predicted molar refractivity (Wildman–Crippen MR) is 63.3 cm³/mol. The Morgan fingerprint density at radius 2 is 1.71 bits per heavy atom. The van der Waals surface area contributed by atoms with Gasteiger partial charge in [-0.1, -0.05) is 51.9 Å². The van der Waals surface area contributed by atoms with E-state index < -0.39 is 0 Å². The smallest absolute Gasteiger partial charge is 0.00671 e. The molecule has 14 heavy (non-hydrogen) atoms. The van der Waals surface area contributed by atoms with Crippen LogP contribution in [0.4, 0.5) is 0 Å². The van der Waals surface area contributed by atoms with E-state index in [4.69, 9.17) is 5.73 Å². The molecule has 1 saturated carbocycles. The number of unbranched alkanes of at least 4 members (excludes halogenated alkanes) is 5. The van der Waals surface area contributed by atoms with Crippen LogP contribution >= 0.6 is 0 Å². The van der Waals surface area contributed by atoms with Gasteiger partial charge in [-0.15, -0.1) is 0 Å². The molecule has 2 N–H and O–H groups in total. The van der Waals surface area contributed by atoms with Crippen molar-refractivity contribution in [3.05, 3.63) is 0 Å². The van der Waals surface area contributed by atoms with Gasteiger partial charge in [-0.05, 0) is 25.2 Å². The molecule has 84 valence electrons. The van der Waals surface area contributed by atoms with Crippen molar-refractivity contribution in [3.8, 4) is 0 Å². The van der Waals surface area contributed by atoms with Crippen LogP contribution in [0.3, 0.4) is 0 Å². The second kappa shape index (κ2) is 7.28. The molecule has 0 saturated heterocycles. The van der Waals surface area contributed by atoms with Gasteiger partial charge in [0.2, 0.25) is 0 Å². The Labute approximate surface area is 89.5 Å². The zero-order valence-electron chi connectivity index (χ0n) is 9.80. The fourth-order valence-corrected chi connectivity index (χ4v) is 2.61. The predicted octanol–water partition coefficient (Wildman–Crippen LogP) is 3.86. The number of hydrogen-bond acceptors (Lipinski definition) is 1. The molecule has 0 amide bonds. The third-order valence-corrected chi connectivity index (χ3v) is 3.65. The van der Waals surface area contributed by atoms with Gasteiger partial charge < -0.3 is 5.73 Å². The fraction of sp³-hybridized carbons (Fsp3) is 1.00. The van der Waals surface area contributed by atoms with E-state index in [9.17, 15) is 0 Å².